The van der Waals surface area contributed by atoms with E-state index in [4.69, 9.17) is 5.11 Å². The van der Waals surface area contributed by atoms with E-state index in [1.807, 2.05) is 0 Å². The molecule has 31 heavy (non-hydrogen) atoms. The molecule has 3 amide bonds. The Morgan fingerprint density at radius 1 is 1.19 bits per heavy atom. The lowest BCUT2D eigenvalue weighted by Crippen LogP contribution is -2.57. The molecule has 0 aliphatic carbocycles. The number of carboxylic acids is 1. The van der Waals surface area contributed by atoms with E-state index < -0.39 is 42.5 Å². The summed E-state index contributed by atoms with van der Waals surface area (Å²) >= 11 is 0. The zero-order valence-electron chi connectivity index (χ0n) is 17.0. The summed E-state index contributed by atoms with van der Waals surface area (Å²) in [5, 5.41) is 26.3. The summed E-state index contributed by atoms with van der Waals surface area (Å²) in [4.78, 5) is 57.9. The van der Waals surface area contributed by atoms with Gasteiger partial charge in [-0.2, -0.15) is 0 Å². The number of carboxylic acid groups (broad SMARTS) is 1. The van der Waals surface area contributed by atoms with E-state index in [1.165, 1.54) is 12.5 Å². The predicted molar refractivity (Wildman–Crippen MR) is 107 cm³/mol. The van der Waals surface area contributed by atoms with Crippen LogP contribution in [-0.2, 0) is 25.6 Å². The van der Waals surface area contributed by atoms with Crippen molar-refractivity contribution in [3.05, 3.63) is 18.2 Å². The number of aliphatic hydroxyl groups is 1. The third-order valence-corrected chi connectivity index (χ3v) is 5.61. The Bertz CT molecular complexity index is 794. The molecule has 3 heterocycles. The van der Waals surface area contributed by atoms with Gasteiger partial charge in [-0.1, -0.05) is 0 Å². The van der Waals surface area contributed by atoms with Gasteiger partial charge in [0.05, 0.1) is 19.0 Å². The van der Waals surface area contributed by atoms with Gasteiger partial charge >= 0.3 is 5.97 Å². The molecule has 4 atom stereocenters. The Morgan fingerprint density at radius 2 is 2.00 bits per heavy atom. The molecule has 0 spiro atoms. The molecule has 4 unspecified atom stereocenters. The van der Waals surface area contributed by atoms with Gasteiger partial charge in [0.25, 0.3) is 0 Å². The standard InChI is InChI=1S/C19H28N6O6/c26-9-14(19(30)31)24-16(27)13(7-11-8-20-10-22-11)23-17(28)15-4-2-6-25(15)18(29)12-3-1-5-21-12/h8,10,12-15,21,26H,1-7,9H2,(H,20,22)(H,23,28)(H,24,27)(H,30,31). The van der Waals surface area contributed by atoms with Crippen molar-refractivity contribution in [3.8, 4) is 0 Å². The fraction of sp³-hybridized carbons (Fsp3) is 0.632. The molecule has 0 saturated carbocycles. The van der Waals surface area contributed by atoms with Crippen LogP contribution in [0.25, 0.3) is 0 Å². The quantitative estimate of drug-likeness (QED) is 0.251. The minimum Gasteiger partial charge on any atom is -0.480 e. The fourth-order valence-electron chi connectivity index (χ4n) is 3.95. The highest BCUT2D eigenvalue weighted by Gasteiger charge is 2.39. The van der Waals surface area contributed by atoms with Crippen molar-refractivity contribution in [2.75, 3.05) is 19.7 Å². The molecule has 0 radical (unpaired) electrons. The first-order valence-corrected chi connectivity index (χ1v) is 10.4. The number of hydrogen-bond acceptors (Lipinski definition) is 7. The van der Waals surface area contributed by atoms with Crippen LogP contribution in [-0.4, -0.2) is 92.6 Å². The molecule has 0 bridgehead atoms. The molecule has 6 N–H and O–H groups in total. The lowest BCUT2D eigenvalue weighted by Gasteiger charge is -2.28. The third-order valence-electron chi connectivity index (χ3n) is 5.61. The molecule has 2 aliphatic heterocycles. The van der Waals surface area contributed by atoms with Crippen LogP contribution < -0.4 is 16.0 Å². The number of aliphatic hydroxyl groups excluding tert-OH is 1. The molecule has 2 aliphatic rings. The zero-order chi connectivity index (χ0) is 22.4. The van der Waals surface area contributed by atoms with Crippen molar-refractivity contribution in [1.82, 2.24) is 30.8 Å². The summed E-state index contributed by atoms with van der Waals surface area (Å²) in [7, 11) is 0. The van der Waals surface area contributed by atoms with Crippen LogP contribution in [0.4, 0.5) is 0 Å². The SMILES string of the molecule is O=C(O)C(CO)NC(=O)C(Cc1cnc[nH]1)NC(=O)C1CCCN1C(=O)C1CCCN1. The number of imidazole rings is 1. The normalized spacial score (nSPS) is 22.7. The number of amides is 3. The molecule has 2 fully saturated rings. The minimum atomic E-state index is -1.49. The highest BCUT2D eigenvalue weighted by Crippen LogP contribution is 2.21. The third kappa shape index (κ3) is 5.58. The van der Waals surface area contributed by atoms with Crippen LogP contribution in [0, 0.1) is 0 Å². The van der Waals surface area contributed by atoms with Crippen LogP contribution >= 0.6 is 0 Å². The van der Waals surface area contributed by atoms with E-state index >= 15 is 0 Å². The first-order valence-electron chi connectivity index (χ1n) is 10.4. The molecule has 1 aromatic rings. The fourth-order valence-corrected chi connectivity index (χ4v) is 3.95. The maximum atomic E-state index is 13.0. The number of aromatic amines is 1. The number of nitrogens with zero attached hydrogens (tertiary/aromatic N) is 2. The average molecular weight is 436 g/mol. The Hall–Kier alpha value is -2.99. The smallest absolute Gasteiger partial charge is 0.328 e. The van der Waals surface area contributed by atoms with Crippen LogP contribution in [0.1, 0.15) is 31.4 Å². The van der Waals surface area contributed by atoms with E-state index in [-0.39, 0.29) is 18.4 Å². The second-order valence-corrected chi connectivity index (χ2v) is 7.76. The summed E-state index contributed by atoms with van der Waals surface area (Å²) in [5.74, 6) is -2.73. The van der Waals surface area contributed by atoms with Crippen molar-refractivity contribution in [1.29, 1.82) is 0 Å². The van der Waals surface area contributed by atoms with Crippen LogP contribution in [0.3, 0.4) is 0 Å². The van der Waals surface area contributed by atoms with E-state index in [0.717, 1.165) is 19.4 Å². The first kappa shape index (κ1) is 22.7. The van der Waals surface area contributed by atoms with Gasteiger partial charge in [0.1, 0.15) is 18.1 Å². The molecular weight excluding hydrogens is 408 g/mol. The topological polar surface area (TPSA) is 177 Å². The summed E-state index contributed by atoms with van der Waals surface area (Å²) in [6.45, 7) is 0.451. The Kier molecular flexibility index (Phi) is 7.58. The Morgan fingerprint density at radius 3 is 2.61 bits per heavy atom. The second-order valence-electron chi connectivity index (χ2n) is 7.76. The summed E-state index contributed by atoms with van der Waals surface area (Å²) in [6, 6.07) is -3.59. The van der Waals surface area contributed by atoms with Gasteiger partial charge in [0.15, 0.2) is 0 Å². The van der Waals surface area contributed by atoms with Crippen LogP contribution in [0.15, 0.2) is 12.5 Å². The molecular formula is C19H28N6O6. The maximum Gasteiger partial charge on any atom is 0.328 e. The lowest BCUT2D eigenvalue weighted by atomic mass is 10.1. The highest BCUT2D eigenvalue weighted by atomic mass is 16.4. The molecule has 0 aromatic carbocycles. The number of carbonyl (C=O) groups excluding carboxylic acids is 3. The van der Waals surface area contributed by atoms with Gasteiger partial charge in [-0.15, -0.1) is 0 Å². The van der Waals surface area contributed by atoms with Gasteiger partial charge in [0.2, 0.25) is 17.7 Å². The first-order chi connectivity index (χ1) is 14.9. The average Bonchev–Trinajstić information content (AvgIpc) is 3.52. The summed E-state index contributed by atoms with van der Waals surface area (Å²) in [5.41, 5.74) is 0.561. The zero-order valence-corrected chi connectivity index (χ0v) is 17.0. The van der Waals surface area contributed by atoms with Gasteiger partial charge in [-0.3, -0.25) is 14.4 Å². The number of hydrogen-bond donors (Lipinski definition) is 6. The largest absolute Gasteiger partial charge is 0.480 e. The van der Waals surface area contributed by atoms with E-state index in [1.54, 1.807) is 4.90 Å². The number of H-pyrrole nitrogens is 1. The molecule has 12 nitrogen and oxygen atoms in total. The van der Waals surface area contributed by atoms with Gasteiger partial charge in [0, 0.05) is 24.9 Å². The number of carbonyl (C=O) groups is 4. The number of aromatic nitrogens is 2. The summed E-state index contributed by atoms with van der Waals surface area (Å²) < 4.78 is 0. The van der Waals surface area contributed by atoms with Crippen molar-refractivity contribution >= 4 is 23.7 Å². The second kappa shape index (κ2) is 10.4. The number of rotatable bonds is 9. The van der Waals surface area contributed by atoms with E-state index in [2.05, 4.69) is 25.9 Å². The Labute approximate surface area is 178 Å². The number of likely N-dealkylation sites (tertiary alicyclic amines) is 1. The van der Waals surface area contributed by atoms with Gasteiger partial charge in [-0.05, 0) is 32.2 Å². The van der Waals surface area contributed by atoms with Crippen LogP contribution in [0.5, 0.6) is 0 Å². The number of aliphatic carboxylic acids is 1. The molecule has 1 aromatic heterocycles. The van der Waals surface area contributed by atoms with E-state index in [0.29, 0.717) is 25.1 Å². The number of nitrogens with one attached hydrogen (secondary N) is 4. The summed E-state index contributed by atoms with van der Waals surface area (Å²) in [6.07, 6.45) is 5.75. The molecule has 2 saturated heterocycles. The van der Waals surface area contributed by atoms with Crippen molar-refractivity contribution in [2.45, 2.75) is 56.3 Å². The molecule has 12 heteroatoms. The van der Waals surface area contributed by atoms with Gasteiger partial charge in [-0.25, -0.2) is 9.78 Å². The maximum absolute atomic E-state index is 13.0. The molecule has 170 valence electrons. The highest BCUT2D eigenvalue weighted by molar-refractivity contribution is 5.94. The minimum absolute atomic E-state index is 0.0419. The lowest BCUT2D eigenvalue weighted by molar-refractivity contribution is -0.144. The van der Waals surface area contributed by atoms with Crippen LogP contribution in [0.2, 0.25) is 0 Å². The molecule has 3 rings (SSSR count). The Balaban J connectivity index is 1.70. The van der Waals surface area contributed by atoms with Crippen molar-refractivity contribution in [3.63, 3.8) is 0 Å². The van der Waals surface area contributed by atoms with Crippen molar-refractivity contribution < 1.29 is 29.4 Å². The van der Waals surface area contributed by atoms with E-state index in [9.17, 15) is 24.3 Å². The predicted octanol–water partition coefficient (Wildman–Crippen LogP) is -2.26. The monoisotopic (exact) mass is 436 g/mol. The van der Waals surface area contributed by atoms with Crippen molar-refractivity contribution in [2.24, 2.45) is 0 Å². The van der Waals surface area contributed by atoms with Gasteiger partial charge < -0.3 is 36.0 Å².